The largest absolute Gasteiger partial charge is 0.338 e. The molecule has 4 heteroatoms. The van der Waals surface area contributed by atoms with E-state index >= 15 is 0 Å². The highest BCUT2D eigenvalue weighted by Crippen LogP contribution is 2.24. The molecule has 1 rings (SSSR count). The molecule has 0 aliphatic heterocycles. The van der Waals surface area contributed by atoms with Crippen LogP contribution >= 0.6 is 15.9 Å². The van der Waals surface area contributed by atoms with E-state index in [1.54, 1.807) is 0 Å². The van der Waals surface area contributed by atoms with Gasteiger partial charge in [-0.3, -0.25) is 0 Å². The number of alkyl halides is 1. The Morgan fingerprint density at radius 2 is 2.14 bits per heavy atom. The Morgan fingerprint density at radius 1 is 1.43 bits per heavy atom. The minimum Gasteiger partial charge on any atom is -0.338 e. The van der Waals surface area contributed by atoms with Crippen molar-refractivity contribution in [2.24, 2.45) is 5.92 Å². The Morgan fingerprint density at radius 3 is 2.71 bits per heavy atom. The molecule has 0 aromatic carbocycles. The summed E-state index contributed by atoms with van der Waals surface area (Å²) in [6.45, 7) is 6.47. The number of rotatable bonds is 5. The molecule has 0 saturated heterocycles. The summed E-state index contributed by atoms with van der Waals surface area (Å²) in [5.41, 5.74) is 0. The Bertz CT molecular complexity index is 273. The van der Waals surface area contributed by atoms with Gasteiger partial charge in [-0.15, -0.1) is 0 Å². The Labute approximate surface area is 93.4 Å². The SMILES string of the molecule is CCC(Br)c1nc(CCC(C)C)no1. The maximum atomic E-state index is 5.14. The number of nitrogens with zero attached hydrogens (tertiary/aromatic N) is 2. The van der Waals surface area contributed by atoms with Crippen LogP contribution in [0, 0.1) is 5.92 Å². The van der Waals surface area contributed by atoms with Crippen molar-refractivity contribution in [3.63, 3.8) is 0 Å². The summed E-state index contributed by atoms with van der Waals surface area (Å²) in [4.78, 5) is 4.53. The van der Waals surface area contributed by atoms with Gasteiger partial charge in [0.15, 0.2) is 5.82 Å². The third-order valence-electron chi connectivity index (χ3n) is 2.06. The first-order chi connectivity index (χ1) is 6.63. The summed E-state index contributed by atoms with van der Waals surface area (Å²) in [5, 5.41) is 3.94. The van der Waals surface area contributed by atoms with Crippen molar-refractivity contribution in [1.82, 2.24) is 10.1 Å². The van der Waals surface area contributed by atoms with Crippen LogP contribution in [0.15, 0.2) is 4.52 Å². The van der Waals surface area contributed by atoms with Gasteiger partial charge in [-0.05, 0) is 18.8 Å². The molecule has 0 saturated carbocycles. The maximum absolute atomic E-state index is 5.14. The molecular weight excluding hydrogens is 244 g/mol. The normalized spacial score (nSPS) is 13.5. The third-order valence-corrected chi connectivity index (χ3v) is 3.09. The molecule has 3 nitrogen and oxygen atoms in total. The van der Waals surface area contributed by atoms with Crippen molar-refractivity contribution in [3.05, 3.63) is 11.7 Å². The molecule has 1 heterocycles. The van der Waals surface area contributed by atoms with E-state index in [0.717, 1.165) is 25.1 Å². The second kappa shape index (κ2) is 5.49. The van der Waals surface area contributed by atoms with Gasteiger partial charge in [-0.2, -0.15) is 4.98 Å². The molecule has 0 radical (unpaired) electrons. The van der Waals surface area contributed by atoms with E-state index in [9.17, 15) is 0 Å². The zero-order valence-corrected chi connectivity index (χ0v) is 10.5. The fraction of sp³-hybridized carbons (Fsp3) is 0.800. The summed E-state index contributed by atoms with van der Waals surface area (Å²) in [5.74, 6) is 2.21. The monoisotopic (exact) mass is 260 g/mol. The molecule has 0 spiro atoms. The van der Waals surface area contributed by atoms with Crippen LogP contribution < -0.4 is 0 Å². The third kappa shape index (κ3) is 3.40. The standard InChI is InChI=1S/C10H17BrN2O/c1-4-8(11)10-12-9(13-14-10)6-5-7(2)3/h7-8H,4-6H2,1-3H3. The van der Waals surface area contributed by atoms with Crippen LogP contribution in [0.3, 0.4) is 0 Å². The van der Waals surface area contributed by atoms with Crippen molar-refractivity contribution in [1.29, 1.82) is 0 Å². The number of aromatic nitrogens is 2. The minimum atomic E-state index is 0.197. The Hall–Kier alpha value is -0.380. The first-order valence-corrected chi connectivity index (χ1v) is 6.01. The smallest absolute Gasteiger partial charge is 0.240 e. The van der Waals surface area contributed by atoms with Crippen molar-refractivity contribution in [2.75, 3.05) is 0 Å². The van der Waals surface area contributed by atoms with Gasteiger partial charge >= 0.3 is 0 Å². The van der Waals surface area contributed by atoms with Crippen LogP contribution in [-0.4, -0.2) is 10.1 Å². The first-order valence-electron chi connectivity index (χ1n) is 5.10. The number of hydrogen-bond acceptors (Lipinski definition) is 3. The van der Waals surface area contributed by atoms with E-state index in [0.29, 0.717) is 11.8 Å². The molecule has 14 heavy (non-hydrogen) atoms. The van der Waals surface area contributed by atoms with E-state index in [1.807, 2.05) is 0 Å². The van der Waals surface area contributed by atoms with Gasteiger partial charge < -0.3 is 4.52 Å². The molecule has 80 valence electrons. The van der Waals surface area contributed by atoms with Gasteiger partial charge in [0.05, 0.1) is 4.83 Å². The second-order valence-electron chi connectivity index (χ2n) is 3.86. The summed E-state index contributed by atoms with van der Waals surface area (Å²) in [7, 11) is 0. The lowest BCUT2D eigenvalue weighted by atomic mass is 10.1. The van der Waals surface area contributed by atoms with Crippen molar-refractivity contribution in [2.45, 2.75) is 44.9 Å². The van der Waals surface area contributed by atoms with Crippen molar-refractivity contribution >= 4 is 15.9 Å². The maximum Gasteiger partial charge on any atom is 0.240 e. The quantitative estimate of drug-likeness (QED) is 0.761. The minimum absolute atomic E-state index is 0.197. The highest BCUT2D eigenvalue weighted by molar-refractivity contribution is 9.09. The summed E-state index contributed by atoms with van der Waals surface area (Å²) < 4.78 is 5.14. The van der Waals surface area contributed by atoms with Crippen LogP contribution in [-0.2, 0) is 6.42 Å². The van der Waals surface area contributed by atoms with Crippen LogP contribution in [0.2, 0.25) is 0 Å². The van der Waals surface area contributed by atoms with Gasteiger partial charge in [0.1, 0.15) is 0 Å². The van der Waals surface area contributed by atoms with Crippen molar-refractivity contribution < 1.29 is 4.52 Å². The Kier molecular flexibility index (Phi) is 4.58. The summed E-state index contributed by atoms with van der Waals surface area (Å²) in [6, 6.07) is 0. The molecule has 0 aliphatic rings. The van der Waals surface area contributed by atoms with Crippen LogP contribution in [0.5, 0.6) is 0 Å². The highest BCUT2D eigenvalue weighted by Gasteiger charge is 2.13. The molecule has 0 aliphatic carbocycles. The van der Waals surface area contributed by atoms with Crippen LogP contribution in [0.1, 0.15) is 50.2 Å². The molecule has 0 amide bonds. The zero-order valence-electron chi connectivity index (χ0n) is 8.96. The van der Waals surface area contributed by atoms with Crippen LogP contribution in [0.25, 0.3) is 0 Å². The summed E-state index contributed by atoms with van der Waals surface area (Å²) in [6.07, 6.45) is 2.98. The van der Waals surface area contributed by atoms with Gasteiger partial charge in [0, 0.05) is 6.42 Å². The predicted octanol–water partition coefficient (Wildman–Crippen LogP) is 3.50. The number of aryl methyl sites for hydroxylation is 1. The van der Waals surface area contributed by atoms with E-state index in [-0.39, 0.29) is 4.83 Å². The lowest BCUT2D eigenvalue weighted by Gasteiger charge is -1.99. The van der Waals surface area contributed by atoms with Gasteiger partial charge in [-0.25, -0.2) is 0 Å². The van der Waals surface area contributed by atoms with Gasteiger partial charge in [-0.1, -0.05) is 41.9 Å². The van der Waals surface area contributed by atoms with E-state index in [4.69, 9.17) is 4.52 Å². The molecule has 0 bridgehead atoms. The molecule has 1 aromatic rings. The number of halogens is 1. The van der Waals surface area contributed by atoms with Gasteiger partial charge in [0.25, 0.3) is 0 Å². The fourth-order valence-electron chi connectivity index (χ4n) is 1.09. The average molecular weight is 261 g/mol. The first kappa shape index (κ1) is 11.7. The van der Waals surface area contributed by atoms with Gasteiger partial charge in [0.2, 0.25) is 5.89 Å². The van der Waals surface area contributed by atoms with E-state index in [1.165, 1.54) is 0 Å². The molecule has 1 atom stereocenters. The topological polar surface area (TPSA) is 38.9 Å². The Balaban J connectivity index is 2.50. The molecular formula is C10H17BrN2O. The molecule has 0 N–H and O–H groups in total. The zero-order chi connectivity index (χ0) is 10.6. The molecule has 1 aromatic heterocycles. The second-order valence-corrected chi connectivity index (χ2v) is 4.96. The van der Waals surface area contributed by atoms with Crippen LogP contribution in [0.4, 0.5) is 0 Å². The highest BCUT2D eigenvalue weighted by atomic mass is 79.9. The molecule has 1 unspecified atom stereocenters. The van der Waals surface area contributed by atoms with E-state index in [2.05, 4.69) is 46.8 Å². The number of hydrogen-bond donors (Lipinski definition) is 0. The lowest BCUT2D eigenvalue weighted by Crippen LogP contribution is -1.94. The van der Waals surface area contributed by atoms with E-state index < -0.39 is 0 Å². The lowest BCUT2D eigenvalue weighted by molar-refractivity contribution is 0.369. The molecule has 0 fully saturated rings. The summed E-state index contributed by atoms with van der Waals surface area (Å²) >= 11 is 3.48. The van der Waals surface area contributed by atoms with Crippen molar-refractivity contribution in [3.8, 4) is 0 Å². The average Bonchev–Trinajstić information content (AvgIpc) is 2.62. The predicted molar refractivity (Wildman–Crippen MR) is 59.4 cm³/mol. The fourth-order valence-corrected chi connectivity index (χ4v) is 1.27.